The van der Waals surface area contributed by atoms with Gasteiger partial charge in [0.05, 0.1) is 41.4 Å². The second-order valence-electron chi connectivity index (χ2n) is 11.8. The van der Waals surface area contributed by atoms with E-state index in [1.165, 1.54) is 17.5 Å². The van der Waals surface area contributed by atoms with Crippen LogP contribution in [-0.2, 0) is 4.79 Å². The minimum Gasteiger partial charge on any atom is -0.389 e. The molecule has 5 heterocycles. The zero-order valence-corrected chi connectivity index (χ0v) is 25.0. The molecule has 43 heavy (non-hydrogen) atoms. The largest absolute Gasteiger partial charge is 0.389 e. The molecule has 0 unspecified atom stereocenters. The number of nitriles is 1. The van der Waals surface area contributed by atoms with Crippen molar-refractivity contribution < 1.29 is 14.3 Å². The fraction of sp³-hybridized carbons (Fsp3) is 0.419. The van der Waals surface area contributed by atoms with Gasteiger partial charge in [0, 0.05) is 57.8 Å². The second kappa shape index (κ2) is 10.9. The minimum absolute atomic E-state index is 0.0261. The molecule has 0 bridgehead atoms. The Hall–Kier alpha value is -4.05. The van der Waals surface area contributed by atoms with E-state index >= 15 is 4.39 Å². The van der Waals surface area contributed by atoms with E-state index in [4.69, 9.17) is 10.1 Å². The van der Waals surface area contributed by atoms with E-state index in [-0.39, 0.29) is 11.7 Å². The summed E-state index contributed by atoms with van der Waals surface area (Å²) < 4.78 is 17.2. The molecule has 1 amide bonds. The monoisotopic (exact) mass is 600 g/mol. The topological polar surface area (TPSA) is 104 Å². The number of aryl methyl sites for hydroxylation is 1. The van der Waals surface area contributed by atoms with Gasteiger partial charge in [-0.15, -0.1) is 0 Å². The van der Waals surface area contributed by atoms with Gasteiger partial charge in [-0.05, 0) is 25.8 Å². The highest BCUT2D eigenvalue weighted by molar-refractivity contribution is 7.16. The number of carbonyl (C=O) groups excluding carboxylic acids is 1. The Balaban J connectivity index is 1.17. The van der Waals surface area contributed by atoms with Crippen LogP contribution in [-0.4, -0.2) is 94.4 Å². The van der Waals surface area contributed by atoms with Gasteiger partial charge in [-0.2, -0.15) is 10.4 Å². The maximum absolute atomic E-state index is 15.5. The number of thiazole rings is 1. The molecule has 0 spiro atoms. The minimum atomic E-state index is -0.411. The van der Waals surface area contributed by atoms with Gasteiger partial charge in [0.1, 0.15) is 16.6 Å². The van der Waals surface area contributed by atoms with Gasteiger partial charge in [0.15, 0.2) is 10.9 Å². The Morgan fingerprint density at radius 1 is 1.19 bits per heavy atom. The number of piperazine rings is 1. The molecule has 1 saturated carbocycles. The quantitative estimate of drug-likeness (QED) is 0.342. The number of halogens is 1. The van der Waals surface area contributed by atoms with Gasteiger partial charge < -0.3 is 19.8 Å². The maximum Gasteiger partial charge on any atom is 0.236 e. The molecule has 3 aliphatic rings. The number of amides is 1. The van der Waals surface area contributed by atoms with Gasteiger partial charge >= 0.3 is 0 Å². The average molecular weight is 601 g/mol. The van der Waals surface area contributed by atoms with Crippen LogP contribution < -0.4 is 9.80 Å². The molecule has 1 aromatic carbocycles. The first-order chi connectivity index (χ1) is 20.8. The van der Waals surface area contributed by atoms with Gasteiger partial charge in [-0.1, -0.05) is 41.2 Å². The van der Waals surface area contributed by atoms with Gasteiger partial charge in [0.25, 0.3) is 0 Å². The van der Waals surface area contributed by atoms with Crippen molar-refractivity contribution in [3.05, 3.63) is 58.5 Å². The summed E-state index contributed by atoms with van der Waals surface area (Å²) in [6, 6.07) is 12.2. The number of aliphatic hydroxyl groups excluding tert-OH is 1. The van der Waals surface area contributed by atoms with Crippen LogP contribution in [0.1, 0.15) is 34.9 Å². The summed E-state index contributed by atoms with van der Waals surface area (Å²) in [6.45, 7) is 5.62. The van der Waals surface area contributed by atoms with Crippen LogP contribution in [0.3, 0.4) is 0 Å². The van der Waals surface area contributed by atoms with Gasteiger partial charge in [0.2, 0.25) is 5.91 Å². The average Bonchev–Trinajstić information content (AvgIpc) is 3.64. The molecule has 222 valence electrons. The fourth-order valence-electron chi connectivity index (χ4n) is 5.91. The number of rotatable bonds is 7. The number of pyridine rings is 1. The molecule has 4 aromatic rings. The lowest BCUT2D eigenvalue weighted by Crippen LogP contribution is -2.57. The molecule has 1 aliphatic carbocycles. The molecule has 10 nitrogen and oxygen atoms in total. The first-order valence-electron chi connectivity index (χ1n) is 14.7. The van der Waals surface area contributed by atoms with E-state index in [2.05, 4.69) is 11.0 Å². The highest BCUT2D eigenvalue weighted by Crippen LogP contribution is 2.48. The zero-order valence-electron chi connectivity index (χ0n) is 24.2. The van der Waals surface area contributed by atoms with Crippen LogP contribution in [0.25, 0.3) is 16.8 Å². The Morgan fingerprint density at radius 3 is 2.56 bits per heavy atom. The van der Waals surface area contributed by atoms with Crippen LogP contribution in [0.4, 0.5) is 20.9 Å². The van der Waals surface area contributed by atoms with Crippen LogP contribution in [0.2, 0.25) is 0 Å². The second-order valence-corrected chi connectivity index (χ2v) is 12.7. The molecular formula is C31H33FN8O2S. The van der Waals surface area contributed by atoms with Crippen molar-refractivity contribution >= 4 is 39.3 Å². The highest BCUT2D eigenvalue weighted by atomic mass is 32.1. The summed E-state index contributed by atoms with van der Waals surface area (Å²) in [5, 5.41) is 24.9. The predicted molar refractivity (Wildman–Crippen MR) is 163 cm³/mol. The summed E-state index contributed by atoms with van der Waals surface area (Å²) in [7, 11) is 1.94. The van der Waals surface area contributed by atoms with E-state index in [0.29, 0.717) is 73.1 Å². The van der Waals surface area contributed by atoms with E-state index < -0.39 is 6.10 Å². The van der Waals surface area contributed by atoms with Crippen molar-refractivity contribution in [3.63, 3.8) is 0 Å². The van der Waals surface area contributed by atoms with E-state index in [1.807, 2.05) is 54.1 Å². The van der Waals surface area contributed by atoms with Crippen molar-refractivity contribution in [2.45, 2.75) is 31.8 Å². The SMILES string of the molecule is Cc1ccc(-c2nc(N(C)c3c(C4CC4)nn4cc(F)c(N5CCN(CC(=O)N6CC(O)C6)CC5)cc34)sc2C#N)cc1. The number of aromatic nitrogens is 3. The summed E-state index contributed by atoms with van der Waals surface area (Å²) in [4.78, 5) is 25.7. The van der Waals surface area contributed by atoms with Crippen molar-refractivity contribution in [1.82, 2.24) is 24.4 Å². The molecule has 0 atom stereocenters. The standard InChI is InChI=1S/C31H33FN8O2S/c1-19-3-5-20(6-4-19)28-26(14-33)43-31(34-28)36(2)30-25-13-24(23(32)17-40(25)35-29(30)21-7-8-21)38-11-9-37(10-12-38)18-27(42)39-15-22(41)16-39/h3-6,13,17,21-22,41H,7-12,15-16,18H2,1-2H3. The van der Waals surface area contributed by atoms with E-state index in [0.717, 1.165) is 40.9 Å². The van der Waals surface area contributed by atoms with Crippen LogP contribution in [0.5, 0.6) is 0 Å². The van der Waals surface area contributed by atoms with Crippen LogP contribution in [0, 0.1) is 24.1 Å². The lowest BCUT2D eigenvalue weighted by Gasteiger charge is -2.39. The number of aliphatic hydroxyl groups is 1. The number of hydrogen-bond donors (Lipinski definition) is 1. The third-order valence-electron chi connectivity index (χ3n) is 8.62. The Labute approximate surface area is 253 Å². The van der Waals surface area contributed by atoms with Crippen molar-refractivity contribution in [2.75, 3.05) is 62.7 Å². The van der Waals surface area contributed by atoms with E-state index in [9.17, 15) is 15.2 Å². The number of nitrogens with zero attached hydrogens (tertiary/aromatic N) is 8. The number of likely N-dealkylation sites (tertiary alicyclic amines) is 1. The third-order valence-corrected chi connectivity index (χ3v) is 9.65. The molecule has 3 fully saturated rings. The lowest BCUT2D eigenvalue weighted by molar-refractivity contribution is -0.142. The summed E-state index contributed by atoms with van der Waals surface area (Å²) in [5.41, 5.74) is 5.81. The first kappa shape index (κ1) is 27.8. The number of carbonyl (C=O) groups is 1. The van der Waals surface area contributed by atoms with Gasteiger partial charge in [-0.25, -0.2) is 13.9 Å². The van der Waals surface area contributed by atoms with Crippen molar-refractivity contribution in [1.29, 1.82) is 5.26 Å². The molecule has 1 N–H and O–H groups in total. The molecular weight excluding hydrogens is 567 g/mol. The Bertz CT molecular complexity index is 1730. The normalized spacial score (nSPS) is 17.7. The molecule has 12 heteroatoms. The van der Waals surface area contributed by atoms with Crippen LogP contribution in [0.15, 0.2) is 36.5 Å². The summed E-state index contributed by atoms with van der Waals surface area (Å²) in [5.74, 6) is -0.00378. The number of benzene rings is 1. The molecule has 2 aliphatic heterocycles. The summed E-state index contributed by atoms with van der Waals surface area (Å²) >= 11 is 1.34. The zero-order chi connectivity index (χ0) is 29.8. The summed E-state index contributed by atoms with van der Waals surface area (Å²) in [6.07, 6.45) is 3.12. The van der Waals surface area contributed by atoms with Gasteiger partial charge in [-0.3, -0.25) is 9.69 Å². The number of fused-ring (bicyclic) bond motifs is 1. The number of hydrogen-bond acceptors (Lipinski definition) is 9. The van der Waals surface area contributed by atoms with Crippen molar-refractivity contribution in [2.24, 2.45) is 0 Å². The number of anilines is 3. The molecule has 2 saturated heterocycles. The Kier molecular flexibility index (Phi) is 7.04. The molecule has 3 aromatic heterocycles. The first-order valence-corrected chi connectivity index (χ1v) is 15.5. The maximum atomic E-state index is 15.5. The van der Waals surface area contributed by atoms with Crippen LogP contribution >= 0.6 is 11.3 Å². The smallest absolute Gasteiger partial charge is 0.236 e. The third kappa shape index (κ3) is 5.22. The molecule has 0 radical (unpaired) electrons. The fourth-order valence-corrected chi connectivity index (χ4v) is 6.76. The Morgan fingerprint density at radius 2 is 1.91 bits per heavy atom. The lowest BCUT2D eigenvalue weighted by atomic mass is 10.1. The van der Waals surface area contributed by atoms with Crippen molar-refractivity contribution in [3.8, 4) is 17.3 Å². The highest BCUT2D eigenvalue weighted by Gasteiger charge is 2.34. The predicted octanol–water partition coefficient (Wildman–Crippen LogP) is 3.75. The van der Waals surface area contributed by atoms with E-state index in [1.54, 1.807) is 9.42 Å². The molecule has 7 rings (SSSR count). The number of β-amino-alcohol motifs (C(OH)–C–C–N with tert-alkyl or cyclic N) is 1.